The summed E-state index contributed by atoms with van der Waals surface area (Å²) in [5.74, 6) is 0.814. The average molecular weight is 528 g/mol. The van der Waals surface area contributed by atoms with Gasteiger partial charge in [-0.1, -0.05) is 93.3 Å². The molecule has 0 atom stereocenters. The lowest BCUT2D eigenvalue weighted by atomic mass is 9.88. The maximum absolute atomic E-state index is 12.4. The number of rotatable bonds is 16. The monoisotopic (exact) mass is 527 g/mol. The summed E-state index contributed by atoms with van der Waals surface area (Å²) in [4.78, 5) is 2.64. The van der Waals surface area contributed by atoms with E-state index >= 15 is 0 Å². The summed E-state index contributed by atoms with van der Waals surface area (Å²) >= 11 is 0. The van der Waals surface area contributed by atoms with Crippen LogP contribution in [0.15, 0.2) is 85.5 Å². The highest BCUT2D eigenvalue weighted by molar-refractivity contribution is 5.64. The molecule has 1 nitrogen and oxygen atoms in total. The molecule has 1 saturated heterocycles. The molecule has 1 fully saturated rings. The molecule has 0 amide bonds. The SMILES string of the molecule is C=C/C=C(\C=C/CF)CCCCCc1ccc(C(=C)CCC2CCN(Cc3ccccc3CC)CC2)cc1C. The third-order valence-electron chi connectivity index (χ3n) is 8.37. The highest BCUT2D eigenvalue weighted by atomic mass is 19.1. The van der Waals surface area contributed by atoms with Gasteiger partial charge in [-0.3, -0.25) is 4.90 Å². The highest BCUT2D eigenvalue weighted by Crippen LogP contribution is 2.29. The van der Waals surface area contributed by atoms with Crippen LogP contribution >= 0.6 is 0 Å². The molecule has 0 aromatic heterocycles. The second-order valence-electron chi connectivity index (χ2n) is 11.2. The molecule has 1 aliphatic heterocycles. The van der Waals surface area contributed by atoms with Crippen molar-refractivity contribution in [3.8, 4) is 0 Å². The fraction of sp³-hybridized carbons (Fsp3) is 0.459. The predicted octanol–water partition coefficient (Wildman–Crippen LogP) is 10.0. The minimum Gasteiger partial charge on any atom is -0.299 e. The van der Waals surface area contributed by atoms with Crippen LogP contribution < -0.4 is 0 Å². The fourth-order valence-corrected chi connectivity index (χ4v) is 5.84. The van der Waals surface area contributed by atoms with Crippen LogP contribution in [-0.2, 0) is 19.4 Å². The van der Waals surface area contributed by atoms with E-state index in [1.54, 1.807) is 12.2 Å². The molecule has 0 radical (unpaired) electrons. The van der Waals surface area contributed by atoms with E-state index in [1.165, 1.54) is 78.6 Å². The molecule has 0 N–H and O–H groups in total. The van der Waals surface area contributed by atoms with Crippen molar-refractivity contribution in [1.29, 1.82) is 0 Å². The number of nitrogens with zero attached hydrogens (tertiary/aromatic N) is 1. The Morgan fingerprint density at radius 1 is 1.00 bits per heavy atom. The summed E-state index contributed by atoms with van der Waals surface area (Å²) in [7, 11) is 0. The normalized spacial score (nSPS) is 15.2. The Kier molecular flexibility index (Phi) is 13.5. The first kappa shape index (κ1) is 30.8. The lowest BCUT2D eigenvalue weighted by Gasteiger charge is -2.32. The molecule has 2 aromatic carbocycles. The summed E-state index contributed by atoms with van der Waals surface area (Å²) in [6, 6.07) is 15.9. The third kappa shape index (κ3) is 10.4. The van der Waals surface area contributed by atoms with Gasteiger partial charge in [-0.2, -0.15) is 0 Å². The third-order valence-corrected chi connectivity index (χ3v) is 8.37. The molecule has 0 unspecified atom stereocenters. The van der Waals surface area contributed by atoms with Crippen molar-refractivity contribution < 1.29 is 4.39 Å². The Balaban J connectivity index is 1.37. The first-order valence-electron chi connectivity index (χ1n) is 15.1. The minimum atomic E-state index is -0.412. The number of piperidine rings is 1. The highest BCUT2D eigenvalue weighted by Gasteiger charge is 2.20. The van der Waals surface area contributed by atoms with Crippen LogP contribution in [0.5, 0.6) is 0 Å². The number of hydrogen-bond donors (Lipinski definition) is 0. The first-order chi connectivity index (χ1) is 19.0. The Bertz CT molecular complexity index is 1100. The molecule has 1 aliphatic rings. The maximum Gasteiger partial charge on any atom is 0.108 e. The van der Waals surface area contributed by atoms with E-state index < -0.39 is 6.67 Å². The van der Waals surface area contributed by atoms with Crippen LogP contribution in [0, 0.1) is 12.8 Å². The van der Waals surface area contributed by atoms with Gasteiger partial charge in [-0.25, -0.2) is 4.39 Å². The summed E-state index contributed by atoms with van der Waals surface area (Å²) in [5.41, 5.74) is 9.57. The van der Waals surface area contributed by atoms with Gasteiger partial charge in [0.2, 0.25) is 0 Å². The van der Waals surface area contributed by atoms with Crippen LogP contribution in [0.2, 0.25) is 0 Å². The standard InChI is InChI=1S/C37H50FN/c1-5-13-32(15-12-25-38)14-8-7-9-17-35-21-22-36(28-31(35)4)30(3)19-20-33-23-26-39(27-24-33)29-37-18-11-10-16-34(37)6-2/h5,10-13,15-16,18,21-22,28,33H,1,3,6-9,14,17,19-20,23-27,29H2,2,4H3/b15-12-,32-13-. The first-order valence-corrected chi connectivity index (χ1v) is 15.1. The molecule has 0 saturated carbocycles. The molecule has 210 valence electrons. The zero-order valence-electron chi connectivity index (χ0n) is 24.6. The van der Waals surface area contributed by atoms with E-state index in [0.29, 0.717) is 0 Å². The zero-order chi connectivity index (χ0) is 27.9. The van der Waals surface area contributed by atoms with Gasteiger partial charge in [0.05, 0.1) is 0 Å². The number of halogens is 1. The van der Waals surface area contributed by atoms with Crippen LogP contribution in [0.4, 0.5) is 4.39 Å². The smallest absolute Gasteiger partial charge is 0.108 e. The lowest BCUT2D eigenvalue weighted by molar-refractivity contribution is 0.173. The van der Waals surface area contributed by atoms with E-state index in [0.717, 1.165) is 50.1 Å². The zero-order valence-corrected chi connectivity index (χ0v) is 24.6. The second kappa shape index (κ2) is 17.1. The topological polar surface area (TPSA) is 3.24 Å². The van der Waals surface area contributed by atoms with Gasteiger partial charge in [0, 0.05) is 6.54 Å². The van der Waals surface area contributed by atoms with E-state index in [4.69, 9.17) is 0 Å². The van der Waals surface area contributed by atoms with Crippen molar-refractivity contribution in [2.45, 2.75) is 84.6 Å². The number of aryl methyl sites for hydroxylation is 3. The Labute approximate surface area is 238 Å². The molecule has 0 aliphatic carbocycles. The number of hydrogen-bond acceptors (Lipinski definition) is 1. The van der Waals surface area contributed by atoms with Crippen molar-refractivity contribution >= 4 is 5.57 Å². The predicted molar refractivity (Wildman–Crippen MR) is 169 cm³/mol. The largest absolute Gasteiger partial charge is 0.299 e. The van der Waals surface area contributed by atoms with Crippen molar-refractivity contribution in [1.82, 2.24) is 4.90 Å². The van der Waals surface area contributed by atoms with Crippen molar-refractivity contribution in [3.63, 3.8) is 0 Å². The quantitative estimate of drug-likeness (QED) is 0.155. The van der Waals surface area contributed by atoms with Crippen LogP contribution in [-0.4, -0.2) is 24.7 Å². The van der Waals surface area contributed by atoms with E-state index in [-0.39, 0.29) is 0 Å². The summed E-state index contributed by atoms with van der Waals surface area (Å²) in [6.07, 6.45) is 18.9. The molecular weight excluding hydrogens is 477 g/mol. The molecular formula is C37H50FN. The number of unbranched alkanes of at least 4 members (excludes halogenated alkanes) is 2. The van der Waals surface area contributed by atoms with Crippen molar-refractivity contribution in [3.05, 3.63) is 113 Å². The molecule has 0 spiro atoms. The van der Waals surface area contributed by atoms with Gasteiger partial charge in [0.1, 0.15) is 6.67 Å². The summed E-state index contributed by atoms with van der Waals surface area (Å²) < 4.78 is 12.4. The number of benzene rings is 2. The molecule has 2 aromatic rings. The Morgan fingerprint density at radius 3 is 2.46 bits per heavy atom. The maximum atomic E-state index is 12.4. The molecule has 1 heterocycles. The second-order valence-corrected chi connectivity index (χ2v) is 11.2. The van der Waals surface area contributed by atoms with Gasteiger partial charge >= 0.3 is 0 Å². The van der Waals surface area contributed by atoms with Crippen LogP contribution in [0.3, 0.4) is 0 Å². The number of likely N-dealkylation sites (tertiary alicyclic amines) is 1. The van der Waals surface area contributed by atoms with E-state index in [1.807, 2.05) is 12.2 Å². The summed E-state index contributed by atoms with van der Waals surface area (Å²) in [6.45, 7) is 15.8. The Hall–Kier alpha value is -2.71. The Morgan fingerprint density at radius 2 is 1.77 bits per heavy atom. The van der Waals surface area contributed by atoms with Gasteiger partial charge < -0.3 is 0 Å². The molecule has 2 heteroatoms. The van der Waals surface area contributed by atoms with Crippen LogP contribution in [0.1, 0.15) is 86.1 Å². The molecule has 39 heavy (non-hydrogen) atoms. The van der Waals surface area contributed by atoms with E-state index in [2.05, 4.69) is 74.4 Å². The van der Waals surface area contributed by atoms with Crippen molar-refractivity contribution in [2.24, 2.45) is 5.92 Å². The fourth-order valence-electron chi connectivity index (χ4n) is 5.84. The molecule has 0 bridgehead atoms. The number of allylic oxidation sites excluding steroid dienone is 6. The lowest BCUT2D eigenvalue weighted by Crippen LogP contribution is -2.33. The van der Waals surface area contributed by atoms with Gasteiger partial charge in [0.15, 0.2) is 0 Å². The van der Waals surface area contributed by atoms with Gasteiger partial charge in [-0.05, 0) is 123 Å². The minimum absolute atomic E-state index is 0.412. The van der Waals surface area contributed by atoms with E-state index in [9.17, 15) is 4.39 Å². The van der Waals surface area contributed by atoms with Crippen molar-refractivity contribution in [2.75, 3.05) is 19.8 Å². The molecule has 3 rings (SSSR count). The van der Waals surface area contributed by atoms with Gasteiger partial charge in [0.25, 0.3) is 0 Å². The number of alkyl halides is 1. The van der Waals surface area contributed by atoms with Gasteiger partial charge in [-0.15, -0.1) is 0 Å². The van der Waals surface area contributed by atoms with Crippen LogP contribution in [0.25, 0.3) is 5.57 Å². The average Bonchev–Trinajstić information content (AvgIpc) is 2.96. The summed E-state index contributed by atoms with van der Waals surface area (Å²) in [5, 5.41) is 0.